The maximum absolute atomic E-state index is 5.80. The lowest BCUT2D eigenvalue weighted by Crippen LogP contribution is -2.15. The van der Waals surface area contributed by atoms with Gasteiger partial charge in [-0.3, -0.25) is 0 Å². The van der Waals surface area contributed by atoms with Crippen LogP contribution in [0.1, 0.15) is 50.3 Å². The SMILES string of the molecule is CC(C)(C)c1cc(CCCCl)ccc1CCCCl. The molecule has 1 aromatic carbocycles. The molecule has 0 aliphatic heterocycles. The van der Waals surface area contributed by atoms with E-state index in [1.165, 1.54) is 16.7 Å². The highest BCUT2D eigenvalue weighted by molar-refractivity contribution is 6.18. The third-order valence-electron chi connectivity index (χ3n) is 3.16. The predicted molar refractivity (Wildman–Crippen MR) is 83.2 cm³/mol. The summed E-state index contributed by atoms with van der Waals surface area (Å²) in [5, 5.41) is 0. The van der Waals surface area contributed by atoms with E-state index in [2.05, 4.69) is 39.0 Å². The van der Waals surface area contributed by atoms with Gasteiger partial charge < -0.3 is 0 Å². The zero-order valence-electron chi connectivity index (χ0n) is 11.7. The van der Waals surface area contributed by atoms with Gasteiger partial charge in [0, 0.05) is 11.8 Å². The first kappa shape index (κ1) is 15.9. The third kappa shape index (κ3) is 4.82. The van der Waals surface area contributed by atoms with Crippen LogP contribution in [0.4, 0.5) is 0 Å². The molecule has 0 nitrogen and oxygen atoms in total. The van der Waals surface area contributed by atoms with Crippen molar-refractivity contribution < 1.29 is 0 Å². The molecule has 0 N–H and O–H groups in total. The Morgan fingerprint density at radius 2 is 1.56 bits per heavy atom. The molecule has 0 saturated carbocycles. The smallest absolute Gasteiger partial charge is 0.0226 e. The third-order valence-corrected chi connectivity index (χ3v) is 3.70. The van der Waals surface area contributed by atoms with E-state index >= 15 is 0 Å². The van der Waals surface area contributed by atoms with E-state index < -0.39 is 0 Å². The van der Waals surface area contributed by atoms with Crippen LogP contribution in [-0.4, -0.2) is 11.8 Å². The average molecular weight is 287 g/mol. The maximum Gasteiger partial charge on any atom is 0.0226 e. The van der Waals surface area contributed by atoms with Gasteiger partial charge in [0.25, 0.3) is 0 Å². The van der Waals surface area contributed by atoms with E-state index in [4.69, 9.17) is 23.2 Å². The highest BCUT2D eigenvalue weighted by Gasteiger charge is 2.18. The number of rotatable bonds is 6. The molecule has 0 saturated heterocycles. The number of benzene rings is 1. The molecule has 0 spiro atoms. The Kier molecular flexibility index (Phi) is 6.52. The van der Waals surface area contributed by atoms with Gasteiger partial charge in [0.05, 0.1) is 0 Å². The molecule has 2 heteroatoms. The molecule has 18 heavy (non-hydrogen) atoms. The van der Waals surface area contributed by atoms with Crippen molar-refractivity contribution in [3.8, 4) is 0 Å². The van der Waals surface area contributed by atoms with Gasteiger partial charge in [-0.2, -0.15) is 0 Å². The molecule has 0 heterocycles. The summed E-state index contributed by atoms with van der Waals surface area (Å²) >= 11 is 11.6. The van der Waals surface area contributed by atoms with Gasteiger partial charge >= 0.3 is 0 Å². The van der Waals surface area contributed by atoms with Crippen molar-refractivity contribution in [3.05, 3.63) is 34.9 Å². The van der Waals surface area contributed by atoms with E-state index in [1.54, 1.807) is 0 Å². The molecule has 0 aromatic heterocycles. The Morgan fingerprint density at radius 1 is 0.944 bits per heavy atom. The first-order valence-corrected chi connectivity index (χ1v) is 7.80. The van der Waals surface area contributed by atoms with E-state index in [-0.39, 0.29) is 5.41 Å². The van der Waals surface area contributed by atoms with Crippen LogP contribution in [0.25, 0.3) is 0 Å². The molecule has 0 aliphatic rings. The average Bonchev–Trinajstić information content (AvgIpc) is 2.33. The van der Waals surface area contributed by atoms with Gasteiger partial charge in [-0.1, -0.05) is 39.0 Å². The maximum atomic E-state index is 5.80. The first-order valence-electron chi connectivity index (χ1n) is 6.73. The minimum atomic E-state index is 0.193. The van der Waals surface area contributed by atoms with E-state index in [0.29, 0.717) is 0 Å². The van der Waals surface area contributed by atoms with Gasteiger partial charge in [0.15, 0.2) is 0 Å². The molecular weight excluding hydrogens is 263 g/mol. The summed E-state index contributed by atoms with van der Waals surface area (Å²) < 4.78 is 0. The second-order valence-electron chi connectivity index (χ2n) is 5.83. The summed E-state index contributed by atoms with van der Waals surface area (Å²) in [6.45, 7) is 6.83. The van der Waals surface area contributed by atoms with Crippen LogP contribution in [0.15, 0.2) is 18.2 Å². The Labute approximate surface area is 122 Å². The number of hydrogen-bond acceptors (Lipinski definition) is 0. The largest absolute Gasteiger partial charge is 0.127 e. The van der Waals surface area contributed by atoms with Crippen molar-refractivity contribution in [2.45, 2.75) is 51.9 Å². The van der Waals surface area contributed by atoms with Crippen LogP contribution in [0, 0.1) is 0 Å². The zero-order chi connectivity index (χ0) is 13.6. The van der Waals surface area contributed by atoms with Gasteiger partial charge in [-0.05, 0) is 47.8 Å². The topological polar surface area (TPSA) is 0 Å². The molecule has 1 aromatic rings. The molecular formula is C16H24Cl2. The molecule has 0 unspecified atom stereocenters. The normalized spacial score (nSPS) is 11.8. The Hall–Kier alpha value is -0.200. The quantitative estimate of drug-likeness (QED) is 0.621. The van der Waals surface area contributed by atoms with Crippen LogP contribution >= 0.6 is 23.2 Å². The standard InChI is InChI=1S/C16H24Cl2/c1-16(2,3)15-12-13(6-4-10-17)8-9-14(15)7-5-11-18/h8-9,12H,4-7,10-11H2,1-3H3. The second-order valence-corrected chi connectivity index (χ2v) is 6.58. The molecule has 0 atom stereocenters. The lowest BCUT2D eigenvalue weighted by atomic mass is 9.81. The van der Waals surface area contributed by atoms with Crippen molar-refractivity contribution >= 4 is 23.2 Å². The molecule has 0 fully saturated rings. The second kappa shape index (κ2) is 7.40. The van der Waals surface area contributed by atoms with E-state index in [9.17, 15) is 0 Å². The van der Waals surface area contributed by atoms with Crippen molar-refractivity contribution in [3.63, 3.8) is 0 Å². The van der Waals surface area contributed by atoms with Crippen molar-refractivity contribution in [1.29, 1.82) is 0 Å². The number of halogens is 2. The Balaban J connectivity index is 2.97. The fourth-order valence-electron chi connectivity index (χ4n) is 2.22. The monoisotopic (exact) mass is 286 g/mol. The fourth-order valence-corrected chi connectivity index (χ4v) is 2.49. The summed E-state index contributed by atoms with van der Waals surface area (Å²) in [6, 6.07) is 6.87. The highest BCUT2D eigenvalue weighted by Crippen LogP contribution is 2.28. The zero-order valence-corrected chi connectivity index (χ0v) is 13.2. The van der Waals surface area contributed by atoms with Crippen LogP contribution in [0.5, 0.6) is 0 Å². The van der Waals surface area contributed by atoms with Crippen LogP contribution in [0.2, 0.25) is 0 Å². The van der Waals surface area contributed by atoms with Crippen LogP contribution in [0.3, 0.4) is 0 Å². The lowest BCUT2D eigenvalue weighted by molar-refractivity contribution is 0.580. The van der Waals surface area contributed by atoms with Crippen molar-refractivity contribution in [1.82, 2.24) is 0 Å². The van der Waals surface area contributed by atoms with Crippen molar-refractivity contribution in [2.75, 3.05) is 11.8 Å². The summed E-state index contributed by atoms with van der Waals surface area (Å²) in [5.74, 6) is 1.47. The lowest BCUT2D eigenvalue weighted by Gasteiger charge is -2.24. The number of hydrogen-bond donors (Lipinski definition) is 0. The van der Waals surface area contributed by atoms with Gasteiger partial charge in [-0.25, -0.2) is 0 Å². The van der Waals surface area contributed by atoms with E-state index in [0.717, 1.165) is 37.4 Å². The van der Waals surface area contributed by atoms with Crippen LogP contribution < -0.4 is 0 Å². The van der Waals surface area contributed by atoms with Crippen LogP contribution in [-0.2, 0) is 18.3 Å². The fraction of sp³-hybridized carbons (Fsp3) is 0.625. The summed E-state index contributed by atoms with van der Waals surface area (Å²) in [4.78, 5) is 0. The summed E-state index contributed by atoms with van der Waals surface area (Å²) in [7, 11) is 0. The summed E-state index contributed by atoms with van der Waals surface area (Å²) in [6.07, 6.45) is 4.24. The first-order chi connectivity index (χ1) is 8.49. The summed E-state index contributed by atoms with van der Waals surface area (Å²) in [5.41, 5.74) is 4.49. The molecule has 0 bridgehead atoms. The van der Waals surface area contributed by atoms with Gasteiger partial charge in [0.1, 0.15) is 0 Å². The van der Waals surface area contributed by atoms with E-state index in [1.807, 2.05) is 0 Å². The number of aryl methyl sites for hydroxylation is 2. The molecule has 0 radical (unpaired) electrons. The Morgan fingerprint density at radius 3 is 2.11 bits per heavy atom. The minimum absolute atomic E-state index is 0.193. The number of alkyl halides is 2. The minimum Gasteiger partial charge on any atom is -0.127 e. The molecule has 1 rings (SSSR count). The predicted octanol–water partition coefficient (Wildman–Crippen LogP) is 5.33. The van der Waals surface area contributed by atoms with Crippen molar-refractivity contribution in [2.24, 2.45) is 0 Å². The van der Waals surface area contributed by atoms with Gasteiger partial charge in [0.2, 0.25) is 0 Å². The molecule has 0 aliphatic carbocycles. The molecule has 0 amide bonds. The van der Waals surface area contributed by atoms with Gasteiger partial charge in [-0.15, -0.1) is 23.2 Å². The molecule has 102 valence electrons. The highest BCUT2D eigenvalue weighted by atomic mass is 35.5. The Bertz CT molecular complexity index is 364.